The fraction of sp³-hybridized carbons (Fsp3) is 0.192. The van der Waals surface area contributed by atoms with Gasteiger partial charge in [0.25, 0.3) is 0 Å². The van der Waals surface area contributed by atoms with E-state index in [1.54, 1.807) is 41.0 Å². The highest BCUT2D eigenvalue weighted by Gasteiger charge is 2.36. The molecule has 194 valence electrons. The molecule has 5 rings (SSSR count). The second-order valence-electron chi connectivity index (χ2n) is 8.69. The largest absolute Gasteiger partial charge is 0.489 e. The number of rotatable bonds is 8. The van der Waals surface area contributed by atoms with Crippen molar-refractivity contribution in [3.05, 3.63) is 77.9 Å². The quantitative estimate of drug-likeness (QED) is 0.153. The number of carbonyl (C=O) groups excluding carboxylic acids is 1. The maximum absolute atomic E-state index is 12.6. The first-order valence-electron chi connectivity index (χ1n) is 11.7. The number of carboxylic acids is 1. The fourth-order valence-corrected chi connectivity index (χ4v) is 4.25. The van der Waals surface area contributed by atoms with Gasteiger partial charge in [-0.15, -0.1) is 0 Å². The van der Waals surface area contributed by atoms with Gasteiger partial charge in [-0.2, -0.15) is 0 Å². The van der Waals surface area contributed by atoms with E-state index in [2.05, 4.69) is 15.0 Å². The zero-order valence-corrected chi connectivity index (χ0v) is 20.0. The van der Waals surface area contributed by atoms with Crippen molar-refractivity contribution < 1.29 is 29.3 Å². The number of allylic oxidation sites excluding steroid dienone is 1. The molecule has 0 radical (unpaired) electrons. The molecule has 2 aromatic carbocycles. The van der Waals surface area contributed by atoms with Gasteiger partial charge in [-0.25, -0.2) is 19.7 Å². The van der Waals surface area contributed by atoms with Gasteiger partial charge in [0, 0.05) is 12.0 Å². The van der Waals surface area contributed by atoms with Gasteiger partial charge < -0.3 is 31.2 Å². The Labute approximate surface area is 216 Å². The van der Waals surface area contributed by atoms with E-state index in [9.17, 15) is 19.8 Å². The van der Waals surface area contributed by atoms with Crippen molar-refractivity contribution >= 4 is 40.5 Å². The highest BCUT2D eigenvalue weighted by atomic mass is 16.6. The van der Waals surface area contributed by atoms with E-state index in [4.69, 9.17) is 20.9 Å². The SMILES string of the molecule is Nc1ccc(/C=C/C(=O)c2ccccc2C(=O)O)cc1OC[C@@H]1C[C@@H](O)[C@H](n2cnc3c(N)ncnc32)O1. The van der Waals surface area contributed by atoms with Crippen LogP contribution in [0.15, 0.2) is 61.2 Å². The molecule has 3 heterocycles. The first-order valence-corrected chi connectivity index (χ1v) is 11.7. The second kappa shape index (κ2) is 10.3. The fourth-order valence-electron chi connectivity index (χ4n) is 4.25. The van der Waals surface area contributed by atoms with E-state index in [1.807, 2.05) is 0 Å². The van der Waals surface area contributed by atoms with Crippen LogP contribution in [-0.4, -0.2) is 60.3 Å². The second-order valence-corrected chi connectivity index (χ2v) is 8.69. The van der Waals surface area contributed by atoms with Crippen molar-refractivity contribution in [2.24, 2.45) is 0 Å². The minimum atomic E-state index is -1.18. The first-order chi connectivity index (χ1) is 18.3. The Morgan fingerprint density at radius 1 is 1.13 bits per heavy atom. The number of aliphatic hydroxyl groups excluding tert-OH is 1. The Kier molecular flexibility index (Phi) is 6.73. The number of imidazole rings is 1. The lowest BCUT2D eigenvalue weighted by atomic mass is 10.0. The van der Waals surface area contributed by atoms with Gasteiger partial charge in [0.15, 0.2) is 23.5 Å². The predicted octanol–water partition coefficient (Wildman–Crippen LogP) is 2.31. The van der Waals surface area contributed by atoms with Gasteiger partial charge in [0.05, 0.1) is 23.7 Å². The van der Waals surface area contributed by atoms with Gasteiger partial charge in [-0.05, 0) is 29.8 Å². The average Bonchev–Trinajstić information content (AvgIpc) is 3.50. The molecule has 0 aliphatic carbocycles. The van der Waals surface area contributed by atoms with Crippen LogP contribution in [0.5, 0.6) is 5.75 Å². The summed E-state index contributed by atoms with van der Waals surface area (Å²) in [5.74, 6) is -1.01. The lowest BCUT2D eigenvalue weighted by molar-refractivity contribution is -0.0457. The third-order valence-corrected chi connectivity index (χ3v) is 6.14. The number of aromatic carboxylic acids is 1. The van der Waals surface area contributed by atoms with Crippen molar-refractivity contribution in [1.82, 2.24) is 19.5 Å². The number of aliphatic hydroxyl groups is 1. The number of nitrogen functional groups attached to an aromatic ring is 2. The van der Waals surface area contributed by atoms with Crippen LogP contribution in [0.2, 0.25) is 0 Å². The number of anilines is 2. The molecule has 0 spiro atoms. The summed E-state index contributed by atoms with van der Waals surface area (Å²) >= 11 is 0. The molecule has 3 atom stereocenters. The molecule has 0 unspecified atom stereocenters. The monoisotopic (exact) mass is 516 g/mol. The van der Waals surface area contributed by atoms with Gasteiger partial charge in [-0.1, -0.05) is 30.3 Å². The lowest BCUT2D eigenvalue weighted by Gasteiger charge is -2.17. The third-order valence-electron chi connectivity index (χ3n) is 6.14. The molecule has 1 fully saturated rings. The molecular weight excluding hydrogens is 492 g/mol. The number of ketones is 1. The number of ether oxygens (including phenoxy) is 2. The number of carbonyl (C=O) groups is 2. The normalized spacial score (nSPS) is 19.2. The summed E-state index contributed by atoms with van der Waals surface area (Å²) in [5, 5.41) is 19.9. The van der Waals surface area contributed by atoms with Crippen molar-refractivity contribution in [2.45, 2.75) is 24.9 Å². The van der Waals surface area contributed by atoms with E-state index >= 15 is 0 Å². The number of benzene rings is 2. The molecule has 12 nitrogen and oxygen atoms in total. The van der Waals surface area contributed by atoms with Gasteiger partial charge in [0.1, 0.15) is 30.3 Å². The Balaban J connectivity index is 1.25. The van der Waals surface area contributed by atoms with Crippen molar-refractivity contribution in [3.63, 3.8) is 0 Å². The molecule has 0 amide bonds. The molecular formula is C26H24N6O6. The molecule has 4 aromatic rings. The zero-order valence-electron chi connectivity index (χ0n) is 20.0. The van der Waals surface area contributed by atoms with Crippen molar-refractivity contribution in [1.29, 1.82) is 0 Å². The standard InChI is InChI=1S/C26H24N6O6/c27-18-7-5-14(6-8-19(33)16-3-1-2-4-17(16)26(35)36)9-21(18)37-11-15-10-20(34)25(38-15)32-13-31-22-23(28)29-12-30-24(22)32/h1-9,12-13,15,20,25,34H,10-11,27H2,(H,35,36)(H2,28,29,30)/b8-6+/t15-,20+,25+/m0/s1. The minimum Gasteiger partial charge on any atom is -0.489 e. The van der Waals surface area contributed by atoms with Gasteiger partial charge >= 0.3 is 5.97 Å². The maximum Gasteiger partial charge on any atom is 0.336 e. The van der Waals surface area contributed by atoms with E-state index in [0.717, 1.165) is 0 Å². The smallest absolute Gasteiger partial charge is 0.336 e. The van der Waals surface area contributed by atoms with Crippen LogP contribution in [0.3, 0.4) is 0 Å². The molecule has 0 saturated carbocycles. The van der Waals surface area contributed by atoms with Crippen molar-refractivity contribution in [2.75, 3.05) is 18.1 Å². The molecule has 6 N–H and O–H groups in total. The van der Waals surface area contributed by atoms with Crippen LogP contribution >= 0.6 is 0 Å². The highest BCUT2D eigenvalue weighted by molar-refractivity contribution is 6.12. The average molecular weight is 517 g/mol. The van der Waals surface area contributed by atoms with E-state index in [0.29, 0.717) is 34.6 Å². The van der Waals surface area contributed by atoms with Crippen LogP contribution in [0, 0.1) is 0 Å². The summed E-state index contributed by atoms with van der Waals surface area (Å²) in [5.41, 5.74) is 13.8. The summed E-state index contributed by atoms with van der Waals surface area (Å²) in [6.45, 7) is 0.111. The Morgan fingerprint density at radius 2 is 1.92 bits per heavy atom. The Bertz CT molecular complexity index is 1550. The summed E-state index contributed by atoms with van der Waals surface area (Å²) in [6.07, 6.45) is 3.97. The zero-order chi connectivity index (χ0) is 26.8. The van der Waals surface area contributed by atoms with Gasteiger partial charge in [-0.3, -0.25) is 9.36 Å². The van der Waals surface area contributed by atoms with E-state index in [-0.39, 0.29) is 23.6 Å². The van der Waals surface area contributed by atoms with E-state index < -0.39 is 30.2 Å². The van der Waals surface area contributed by atoms with Crippen LogP contribution in [0.4, 0.5) is 11.5 Å². The number of carboxylic acid groups (broad SMARTS) is 1. The number of fused-ring (bicyclic) bond motifs is 1. The number of nitrogens with zero attached hydrogens (tertiary/aromatic N) is 4. The van der Waals surface area contributed by atoms with Gasteiger partial charge in [0.2, 0.25) is 0 Å². The molecule has 12 heteroatoms. The lowest BCUT2D eigenvalue weighted by Crippen LogP contribution is -2.20. The molecule has 2 aromatic heterocycles. The summed E-state index contributed by atoms with van der Waals surface area (Å²) < 4.78 is 13.5. The van der Waals surface area contributed by atoms with Crippen LogP contribution < -0.4 is 16.2 Å². The molecule has 0 bridgehead atoms. The third kappa shape index (κ3) is 4.90. The summed E-state index contributed by atoms with van der Waals surface area (Å²) in [7, 11) is 0. The molecule has 1 aliphatic heterocycles. The first kappa shape index (κ1) is 24.9. The van der Waals surface area contributed by atoms with E-state index in [1.165, 1.54) is 30.9 Å². The topological polar surface area (TPSA) is 189 Å². The van der Waals surface area contributed by atoms with Crippen molar-refractivity contribution in [3.8, 4) is 5.75 Å². The van der Waals surface area contributed by atoms with Crippen LogP contribution in [0.1, 0.15) is 38.9 Å². The predicted molar refractivity (Wildman–Crippen MR) is 137 cm³/mol. The Morgan fingerprint density at radius 3 is 2.71 bits per heavy atom. The summed E-state index contributed by atoms with van der Waals surface area (Å²) in [6, 6.07) is 11.0. The minimum absolute atomic E-state index is 0.0693. The number of hydrogen-bond acceptors (Lipinski definition) is 10. The number of aromatic nitrogens is 4. The molecule has 1 saturated heterocycles. The number of nitrogens with two attached hydrogens (primary N) is 2. The van der Waals surface area contributed by atoms with Crippen LogP contribution in [-0.2, 0) is 4.74 Å². The maximum atomic E-state index is 12.6. The highest BCUT2D eigenvalue weighted by Crippen LogP contribution is 2.32. The van der Waals surface area contributed by atoms with Crippen LogP contribution in [0.25, 0.3) is 17.2 Å². The molecule has 38 heavy (non-hydrogen) atoms. The number of hydrogen-bond donors (Lipinski definition) is 4. The Hall–Kier alpha value is -4.81. The molecule has 1 aliphatic rings. The summed E-state index contributed by atoms with van der Waals surface area (Å²) in [4.78, 5) is 36.3.